The van der Waals surface area contributed by atoms with Gasteiger partial charge in [-0.1, -0.05) is 0 Å². The van der Waals surface area contributed by atoms with Gasteiger partial charge < -0.3 is 19.5 Å². The van der Waals surface area contributed by atoms with Crippen LogP contribution in [-0.4, -0.2) is 72.2 Å². The number of fused-ring (bicyclic) bond motifs is 1. The number of benzene rings is 1. The van der Waals surface area contributed by atoms with Crippen LogP contribution < -0.4 is 15.1 Å². The van der Waals surface area contributed by atoms with Crippen LogP contribution in [0.2, 0.25) is 0 Å². The summed E-state index contributed by atoms with van der Waals surface area (Å²) in [7, 11) is 2.04. The van der Waals surface area contributed by atoms with Gasteiger partial charge in [0, 0.05) is 68.3 Å². The molecule has 2 saturated heterocycles. The number of nitrogens with zero attached hydrogens (tertiary/aromatic N) is 6. The molecule has 0 radical (unpaired) electrons. The summed E-state index contributed by atoms with van der Waals surface area (Å²) in [6.45, 7) is 10.8. The lowest BCUT2D eigenvalue weighted by atomic mass is 10.2. The molecule has 8 heteroatoms. The van der Waals surface area contributed by atoms with E-state index in [2.05, 4.69) is 55.1 Å². The van der Waals surface area contributed by atoms with Gasteiger partial charge in [0.15, 0.2) is 5.58 Å². The van der Waals surface area contributed by atoms with Gasteiger partial charge in [0.05, 0.1) is 6.54 Å². The van der Waals surface area contributed by atoms with Gasteiger partial charge in [0.2, 0.25) is 5.89 Å². The molecule has 3 aromatic rings. The molecule has 2 aliphatic heterocycles. The third-order valence-electron chi connectivity index (χ3n) is 6.72. The van der Waals surface area contributed by atoms with Crippen LogP contribution in [-0.2, 0) is 6.54 Å². The van der Waals surface area contributed by atoms with Gasteiger partial charge in [0.25, 0.3) is 0 Å². The van der Waals surface area contributed by atoms with Gasteiger partial charge in [-0.25, -0.2) is 15.0 Å². The number of likely N-dealkylation sites (N-methyl/N-ethyl adjacent to an activating group) is 1. The minimum absolute atomic E-state index is 0.565. The number of rotatable bonds is 5. The summed E-state index contributed by atoms with van der Waals surface area (Å²) in [5.41, 5.74) is 5.26. The zero-order valence-corrected chi connectivity index (χ0v) is 18.6. The molecule has 0 unspecified atom stereocenters. The number of anilines is 2. The van der Waals surface area contributed by atoms with E-state index in [9.17, 15) is 0 Å². The van der Waals surface area contributed by atoms with Crippen LogP contribution in [0.5, 0.6) is 0 Å². The third-order valence-corrected chi connectivity index (χ3v) is 6.72. The summed E-state index contributed by atoms with van der Waals surface area (Å²) in [6, 6.07) is 6.96. The fraction of sp³-hybridized carbons (Fsp3) is 0.522. The number of nitrogens with one attached hydrogen (secondary N) is 1. The molecule has 164 valence electrons. The van der Waals surface area contributed by atoms with Gasteiger partial charge in [-0.2, -0.15) is 0 Å². The van der Waals surface area contributed by atoms with Crippen LogP contribution >= 0.6 is 0 Å². The monoisotopic (exact) mass is 421 g/mol. The van der Waals surface area contributed by atoms with Gasteiger partial charge in [-0.15, -0.1) is 0 Å². The molecule has 0 aliphatic carbocycles. The average Bonchev–Trinajstić information content (AvgIpc) is 3.42. The van der Waals surface area contributed by atoms with Crippen molar-refractivity contribution >= 4 is 22.6 Å². The van der Waals surface area contributed by atoms with Gasteiger partial charge in [-0.3, -0.25) is 4.90 Å². The van der Waals surface area contributed by atoms with Crippen LogP contribution in [0.3, 0.4) is 0 Å². The highest BCUT2D eigenvalue weighted by molar-refractivity contribution is 5.77. The lowest BCUT2D eigenvalue weighted by molar-refractivity contribution is 0.228. The predicted molar refractivity (Wildman–Crippen MR) is 123 cm³/mol. The number of aryl methyl sites for hydroxylation is 1. The van der Waals surface area contributed by atoms with Crippen molar-refractivity contribution < 1.29 is 4.42 Å². The van der Waals surface area contributed by atoms with Crippen LogP contribution in [0.25, 0.3) is 11.1 Å². The Kier molecular flexibility index (Phi) is 5.50. The van der Waals surface area contributed by atoms with E-state index < -0.39 is 0 Å². The Morgan fingerprint density at radius 1 is 1.06 bits per heavy atom. The van der Waals surface area contributed by atoms with Crippen molar-refractivity contribution in [2.75, 3.05) is 56.1 Å². The maximum atomic E-state index is 6.14. The van der Waals surface area contributed by atoms with Crippen LogP contribution in [0, 0.1) is 13.8 Å². The van der Waals surface area contributed by atoms with E-state index in [0.717, 1.165) is 74.3 Å². The summed E-state index contributed by atoms with van der Waals surface area (Å²) >= 11 is 0. The normalized spacial score (nSPS) is 20.2. The van der Waals surface area contributed by atoms with Crippen molar-refractivity contribution in [2.45, 2.75) is 32.9 Å². The molecule has 1 N–H and O–H groups in total. The zero-order valence-electron chi connectivity index (χ0n) is 18.6. The van der Waals surface area contributed by atoms with E-state index in [1.165, 1.54) is 17.7 Å². The molecule has 31 heavy (non-hydrogen) atoms. The molecule has 1 atom stereocenters. The number of piperazine rings is 1. The second kappa shape index (κ2) is 8.43. The van der Waals surface area contributed by atoms with E-state index >= 15 is 0 Å². The third kappa shape index (κ3) is 4.09. The zero-order chi connectivity index (χ0) is 21.4. The molecule has 5 rings (SSSR count). The molecule has 1 aromatic carbocycles. The quantitative estimate of drug-likeness (QED) is 0.673. The minimum atomic E-state index is 0.565. The lowest BCUT2D eigenvalue weighted by Gasteiger charge is -2.35. The van der Waals surface area contributed by atoms with Crippen molar-refractivity contribution in [2.24, 2.45) is 0 Å². The number of hydrogen-bond acceptors (Lipinski definition) is 8. The highest BCUT2D eigenvalue weighted by Gasteiger charge is 2.23. The minimum Gasteiger partial charge on any atom is -0.439 e. The summed E-state index contributed by atoms with van der Waals surface area (Å²) in [5.74, 6) is 1.85. The first-order chi connectivity index (χ1) is 15.1. The number of hydrogen-bond donors (Lipinski definition) is 1. The van der Waals surface area contributed by atoms with Crippen LogP contribution in [0.15, 0.2) is 28.9 Å². The van der Waals surface area contributed by atoms with Crippen molar-refractivity contribution in [3.8, 4) is 0 Å². The second-order valence-corrected chi connectivity index (χ2v) is 8.65. The lowest BCUT2D eigenvalue weighted by Crippen LogP contribution is -2.46. The standard InChI is InChI=1S/C23H31N7O/c1-16-17(2)25-15-26-23(16)29-10-8-28(9-11-29)14-22-27-20-5-4-19(12-21(20)31-22)30-7-6-18(13-30)24-3/h4-5,12,15,18,24H,6-11,13-14H2,1-3H3/t18-/m1/s1. The molecule has 0 amide bonds. The van der Waals surface area contributed by atoms with E-state index in [1.807, 2.05) is 14.0 Å². The van der Waals surface area contributed by atoms with E-state index in [0.29, 0.717) is 6.04 Å². The first-order valence-electron chi connectivity index (χ1n) is 11.2. The summed E-state index contributed by atoms with van der Waals surface area (Å²) < 4.78 is 6.14. The van der Waals surface area contributed by atoms with Gasteiger partial charge >= 0.3 is 0 Å². The Morgan fingerprint density at radius 3 is 2.68 bits per heavy atom. The van der Waals surface area contributed by atoms with Gasteiger partial charge in [0.1, 0.15) is 17.7 Å². The van der Waals surface area contributed by atoms with Crippen molar-refractivity contribution in [1.29, 1.82) is 0 Å². The molecule has 2 aliphatic rings. The summed E-state index contributed by atoms with van der Waals surface area (Å²) in [4.78, 5) is 20.7. The molecule has 0 bridgehead atoms. The molecule has 8 nitrogen and oxygen atoms in total. The Hall–Kier alpha value is -2.71. The molecule has 0 saturated carbocycles. The topological polar surface area (TPSA) is 73.6 Å². The summed E-state index contributed by atoms with van der Waals surface area (Å²) in [6.07, 6.45) is 2.84. The highest BCUT2D eigenvalue weighted by atomic mass is 16.3. The second-order valence-electron chi connectivity index (χ2n) is 8.65. The Balaban J connectivity index is 1.23. The first-order valence-corrected chi connectivity index (χ1v) is 11.2. The van der Waals surface area contributed by atoms with E-state index in [4.69, 9.17) is 9.40 Å². The maximum absolute atomic E-state index is 6.14. The molecule has 2 fully saturated rings. The fourth-order valence-corrected chi connectivity index (χ4v) is 4.61. The first kappa shape index (κ1) is 20.2. The molecular formula is C23H31N7O. The van der Waals surface area contributed by atoms with Crippen molar-refractivity contribution in [3.05, 3.63) is 41.7 Å². The van der Waals surface area contributed by atoms with Crippen molar-refractivity contribution in [3.63, 3.8) is 0 Å². The van der Waals surface area contributed by atoms with Crippen LogP contribution in [0.4, 0.5) is 11.5 Å². The molecule has 2 aromatic heterocycles. The van der Waals surface area contributed by atoms with Gasteiger partial charge in [-0.05, 0) is 39.4 Å². The van der Waals surface area contributed by atoms with Crippen molar-refractivity contribution in [1.82, 2.24) is 25.2 Å². The predicted octanol–water partition coefficient (Wildman–Crippen LogP) is 2.35. The fourth-order valence-electron chi connectivity index (χ4n) is 4.61. The smallest absolute Gasteiger partial charge is 0.209 e. The Labute approximate surface area is 183 Å². The largest absolute Gasteiger partial charge is 0.439 e. The molecular weight excluding hydrogens is 390 g/mol. The Bertz CT molecular complexity index is 1060. The summed E-state index contributed by atoms with van der Waals surface area (Å²) in [5, 5.41) is 3.38. The number of oxazole rings is 1. The SMILES string of the molecule is CN[C@@H]1CCN(c2ccc3nc(CN4CCN(c5ncnc(C)c5C)CC4)oc3c2)C1. The molecule has 0 spiro atoms. The molecule has 4 heterocycles. The maximum Gasteiger partial charge on any atom is 0.209 e. The average molecular weight is 422 g/mol. The highest BCUT2D eigenvalue weighted by Crippen LogP contribution is 2.26. The van der Waals surface area contributed by atoms with Crippen LogP contribution in [0.1, 0.15) is 23.6 Å². The Morgan fingerprint density at radius 2 is 1.90 bits per heavy atom. The number of aromatic nitrogens is 3. The van der Waals surface area contributed by atoms with E-state index in [1.54, 1.807) is 6.33 Å². The van der Waals surface area contributed by atoms with E-state index in [-0.39, 0.29) is 0 Å².